The molecular weight excluding hydrogens is 310 g/mol. The van der Waals surface area contributed by atoms with Crippen LogP contribution in [0.5, 0.6) is 0 Å². The fraction of sp³-hybridized carbons (Fsp3) is 0.294. The van der Waals surface area contributed by atoms with Gasteiger partial charge < -0.3 is 0 Å². The van der Waals surface area contributed by atoms with Gasteiger partial charge in [-0.25, -0.2) is 9.97 Å². The van der Waals surface area contributed by atoms with Crippen LogP contribution in [0.15, 0.2) is 41.7 Å². The molecule has 1 aromatic heterocycles. The first kappa shape index (κ1) is 20.6. The minimum atomic E-state index is -0.443. The molecule has 0 atom stereocenters. The van der Waals surface area contributed by atoms with E-state index in [9.17, 15) is 10.1 Å². The van der Waals surface area contributed by atoms with Crippen molar-refractivity contribution < 1.29 is 4.92 Å². The predicted molar refractivity (Wildman–Crippen MR) is 95.6 cm³/mol. The van der Waals surface area contributed by atoms with Crippen molar-refractivity contribution in [2.75, 3.05) is 6.26 Å². The maximum absolute atomic E-state index is 10.6. The lowest BCUT2D eigenvalue weighted by molar-refractivity contribution is -0.384. The van der Waals surface area contributed by atoms with E-state index in [0.29, 0.717) is 16.4 Å². The van der Waals surface area contributed by atoms with Crippen LogP contribution in [0.25, 0.3) is 0 Å². The number of nitrogens with zero attached hydrogens (tertiary/aromatic N) is 3. The van der Waals surface area contributed by atoms with Crippen LogP contribution in [0.4, 0.5) is 5.69 Å². The largest absolute Gasteiger partial charge is 0.270 e. The van der Waals surface area contributed by atoms with Crippen molar-refractivity contribution in [2.45, 2.75) is 32.9 Å². The molecule has 0 aliphatic rings. The van der Waals surface area contributed by atoms with Crippen molar-refractivity contribution in [1.29, 1.82) is 0 Å². The molecule has 0 aliphatic carbocycles. The van der Waals surface area contributed by atoms with E-state index in [1.807, 2.05) is 34.0 Å². The van der Waals surface area contributed by atoms with Crippen LogP contribution >= 0.6 is 11.8 Å². The number of rotatable bonds is 2. The Labute approximate surface area is 141 Å². The monoisotopic (exact) mass is 331 g/mol. The molecule has 0 spiro atoms. The maximum Gasteiger partial charge on any atom is 0.270 e. The molecule has 0 saturated heterocycles. The molecule has 0 bridgehead atoms. The quantitative estimate of drug-likeness (QED) is 0.265. The van der Waals surface area contributed by atoms with E-state index >= 15 is 0 Å². The molecule has 1 heterocycles. The summed E-state index contributed by atoms with van der Waals surface area (Å²) in [6, 6.07) is 7.89. The summed E-state index contributed by atoms with van der Waals surface area (Å²) in [5.74, 6) is 5.72. The van der Waals surface area contributed by atoms with Crippen molar-refractivity contribution in [3.8, 4) is 11.8 Å². The van der Waals surface area contributed by atoms with E-state index < -0.39 is 4.92 Å². The topological polar surface area (TPSA) is 68.9 Å². The second-order valence-electron chi connectivity index (χ2n) is 3.49. The second kappa shape index (κ2) is 12.2. The zero-order chi connectivity index (χ0) is 17.7. The van der Waals surface area contributed by atoms with Crippen molar-refractivity contribution >= 4 is 17.4 Å². The zero-order valence-corrected chi connectivity index (χ0v) is 14.8. The van der Waals surface area contributed by atoms with E-state index in [4.69, 9.17) is 0 Å². The van der Waals surface area contributed by atoms with Crippen molar-refractivity contribution in [3.05, 3.63) is 57.9 Å². The molecule has 5 nitrogen and oxygen atoms in total. The third kappa shape index (κ3) is 7.43. The minimum Gasteiger partial charge on any atom is -0.258 e. The molecule has 0 radical (unpaired) electrons. The fourth-order valence-corrected chi connectivity index (χ4v) is 1.70. The lowest BCUT2D eigenvalue weighted by atomic mass is 10.2. The Morgan fingerprint density at radius 3 is 2.43 bits per heavy atom. The lowest BCUT2D eigenvalue weighted by Gasteiger charge is -1.94. The molecule has 0 amide bonds. The molecular formula is C17H21N3O2S. The van der Waals surface area contributed by atoms with Crippen LogP contribution in [0, 0.1) is 22.0 Å². The fourth-order valence-electron chi connectivity index (χ4n) is 1.34. The van der Waals surface area contributed by atoms with Gasteiger partial charge >= 0.3 is 0 Å². The number of nitro benzene ring substituents is 1. The van der Waals surface area contributed by atoms with Crippen LogP contribution in [-0.4, -0.2) is 21.1 Å². The van der Waals surface area contributed by atoms with E-state index in [1.165, 1.54) is 23.9 Å². The van der Waals surface area contributed by atoms with Gasteiger partial charge in [-0.05, 0) is 24.3 Å². The Morgan fingerprint density at radius 2 is 1.83 bits per heavy atom. The Hall–Kier alpha value is -2.39. The highest BCUT2D eigenvalue weighted by Gasteiger charge is 2.03. The first-order chi connectivity index (χ1) is 11.2. The summed E-state index contributed by atoms with van der Waals surface area (Å²) < 4.78 is 0. The number of hydrogen-bond donors (Lipinski definition) is 0. The highest BCUT2D eigenvalue weighted by Crippen LogP contribution is 2.12. The highest BCUT2D eigenvalue weighted by atomic mass is 32.2. The molecule has 2 aromatic rings. The van der Waals surface area contributed by atoms with Gasteiger partial charge in [0.05, 0.1) is 4.92 Å². The van der Waals surface area contributed by atoms with Crippen molar-refractivity contribution in [3.63, 3.8) is 0 Å². The Kier molecular flexibility index (Phi) is 10.9. The average molecular weight is 331 g/mol. The van der Waals surface area contributed by atoms with Gasteiger partial charge in [-0.2, -0.15) is 0 Å². The summed E-state index contributed by atoms with van der Waals surface area (Å²) in [6.07, 6.45) is 3.52. The third-order valence-electron chi connectivity index (χ3n) is 2.21. The van der Waals surface area contributed by atoms with Crippen LogP contribution in [0.1, 0.15) is 39.0 Å². The maximum atomic E-state index is 10.6. The van der Waals surface area contributed by atoms with Gasteiger partial charge in [-0.15, -0.1) is 0 Å². The molecule has 0 saturated carbocycles. The molecule has 1 aromatic carbocycles. The molecule has 0 N–H and O–H groups in total. The van der Waals surface area contributed by atoms with Crippen LogP contribution in [0.3, 0.4) is 0 Å². The number of nitro groups is 1. The van der Waals surface area contributed by atoms with Crippen LogP contribution in [-0.2, 0) is 0 Å². The Morgan fingerprint density at radius 1 is 1.13 bits per heavy atom. The molecule has 0 aliphatic heterocycles. The van der Waals surface area contributed by atoms with Gasteiger partial charge in [0.25, 0.3) is 5.69 Å². The Balaban J connectivity index is 0.00000112. The first-order valence-corrected chi connectivity index (χ1v) is 8.55. The number of thioether (sulfide) groups is 1. The van der Waals surface area contributed by atoms with E-state index in [1.54, 1.807) is 24.4 Å². The summed E-state index contributed by atoms with van der Waals surface area (Å²) in [5, 5.41) is 11.3. The molecule has 122 valence electrons. The molecule has 23 heavy (non-hydrogen) atoms. The summed E-state index contributed by atoms with van der Waals surface area (Å²) in [5.41, 5.74) is 1.20. The summed E-state index contributed by atoms with van der Waals surface area (Å²) in [7, 11) is 0. The van der Waals surface area contributed by atoms with Gasteiger partial charge in [0.2, 0.25) is 0 Å². The van der Waals surface area contributed by atoms with E-state index in [-0.39, 0.29) is 5.69 Å². The van der Waals surface area contributed by atoms with Crippen molar-refractivity contribution in [1.82, 2.24) is 9.97 Å². The summed E-state index contributed by atoms with van der Waals surface area (Å²) in [6.45, 7) is 8.00. The third-order valence-corrected chi connectivity index (χ3v) is 2.77. The Bertz CT molecular complexity index is 679. The van der Waals surface area contributed by atoms with Gasteiger partial charge in [0, 0.05) is 23.9 Å². The van der Waals surface area contributed by atoms with E-state index in [0.717, 1.165) is 0 Å². The van der Waals surface area contributed by atoms with E-state index in [2.05, 4.69) is 21.8 Å². The molecule has 0 unspecified atom stereocenters. The smallest absolute Gasteiger partial charge is 0.258 e. The van der Waals surface area contributed by atoms with Gasteiger partial charge in [0.1, 0.15) is 5.69 Å². The standard InChI is InChI=1S/C13H9N3O2S.2C2H6/c1-19-13-14-8-7-11(15-13)6-5-10-3-2-4-12(9-10)16(17)18;2*1-2/h2-4,7-9H,1H3;2*1-2H3. The zero-order valence-electron chi connectivity index (χ0n) is 14.0. The summed E-state index contributed by atoms with van der Waals surface area (Å²) >= 11 is 1.43. The van der Waals surface area contributed by atoms with Gasteiger partial charge in [0.15, 0.2) is 5.16 Å². The van der Waals surface area contributed by atoms with Gasteiger partial charge in [-0.3, -0.25) is 10.1 Å². The first-order valence-electron chi connectivity index (χ1n) is 7.32. The lowest BCUT2D eigenvalue weighted by Crippen LogP contribution is -1.89. The SMILES string of the molecule is CC.CC.CSc1nccc(C#Cc2cccc([N+](=O)[O-])c2)n1. The number of hydrogen-bond acceptors (Lipinski definition) is 5. The molecule has 0 fully saturated rings. The second-order valence-corrected chi connectivity index (χ2v) is 4.26. The number of aromatic nitrogens is 2. The normalized spacial score (nSPS) is 8.39. The van der Waals surface area contributed by atoms with Gasteiger partial charge in [-0.1, -0.05) is 51.4 Å². The highest BCUT2D eigenvalue weighted by molar-refractivity contribution is 7.98. The minimum absolute atomic E-state index is 0.0271. The van der Waals surface area contributed by atoms with Crippen molar-refractivity contribution in [2.24, 2.45) is 0 Å². The van der Waals surface area contributed by atoms with Crippen LogP contribution in [0.2, 0.25) is 0 Å². The molecule has 6 heteroatoms. The molecule has 2 rings (SSSR count). The summed E-state index contributed by atoms with van der Waals surface area (Å²) in [4.78, 5) is 18.5. The average Bonchev–Trinajstić information content (AvgIpc) is 2.64. The van der Waals surface area contributed by atoms with Crippen LogP contribution < -0.4 is 0 Å². The number of non-ortho nitro benzene ring substituents is 1. The predicted octanol–water partition coefficient (Wildman–Crippen LogP) is 4.56. The number of benzene rings is 1.